The largest absolute Gasteiger partial charge is 0.379 e. The van der Waals surface area contributed by atoms with Gasteiger partial charge >= 0.3 is 0 Å². The molecule has 0 saturated carbocycles. The highest BCUT2D eigenvalue weighted by atomic mass is 16.5. The minimum Gasteiger partial charge on any atom is -0.379 e. The molecule has 88 valence electrons. The van der Waals surface area contributed by atoms with E-state index in [0.717, 1.165) is 23.9 Å². The van der Waals surface area contributed by atoms with Crippen molar-refractivity contribution < 1.29 is 9.53 Å². The van der Waals surface area contributed by atoms with E-state index in [9.17, 15) is 4.79 Å². The maximum Gasteiger partial charge on any atom is 0.253 e. The third-order valence-electron chi connectivity index (χ3n) is 3.10. The lowest BCUT2D eigenvalue weighted by Gasteiger charge is -2.09. The topological polar surface area (TPSA) is 54.1 Å². The average Bonchev–Trinajstić information content (AvgIpc) is 2.96. The van der Waals surface area contributed by atoms with E-state index in [1.807, 2.05) is 24.3 Å². The Morgan fingerprint density at radius 2 is 2.29 bits per heavy atom. The Hall–Kier alpha value is -1.81. The number of ether oxygens (including phenoxy) is 1. The zero-order valence-electron chi connectivity index (χ0n) is 9.40. The summed E-state index contributed by atoms with van der Waals surface area (Å²) in [6, 6.07) is 7.95. The molecule has 0 radical (unpaired) electrons. The summed E-state index contributed by atoms with van der Waals surface area (Å²) in [6.45, 7) is 1.35. The number of hydrogen-bond acceptors (Lipinski definition) is 2. The van der Waals surface area contributed by atoms with Gasteiger partial charge in [-0.2, -0.15) is 0 Å². The Kier molecular flexibility index (Phi) is 2.57. The summed E-state index contributed by atoms with van der Waals surface area (Å²) in [5.41, 5.74) is 1.69. The summed E-state index contributed by atoms with van der Waals surface area (Å²) in [7, 11) is 0. The van der Waals surface area contributed by atoms with Crippen LogP contribution >= 0.6 is 0 Å². The van der Waals surface area contributed by atoms with Crippen molar-refractivity contribution in [3.05, 3.63) is 36.0 Å². The van der Waals surface area contributed by atoms with Gasteiger partial charge in [-0.15, -0.1) is 0 Å². The van der Waals surface area contributed by atoms with E-state index in [1.54, 1.807) is 6.20 Å². The molecule has 4 nitrogen and oxygen atoms in total. The highest BCUT2D eigenvalue weighted by Crippen LogP contribution is 2.18. The van der Waals surface area contributed by atoms with Crippen LogP contribution in [0.3, 0.4) is 0 Å². The smallest absolute Gasteiger partial charge is 0.253 e. The van der Waals surface area contributed by atoms with Gasteiger partial charge in [0.05, 0.1) is 18.2 Å². The number of carbonyl (C=O) groups is 1. The predicted molar refractivity (Wildman–Crippen MR) is 65.0 cm³/mol. The van der Waals surface area contributed by atoms with Crippen LogP contribution in [0.25, 0.3) is 10.9 Å². The van der Waals surface area contributed by atoms with Gasteiger partial charge in [0, 0.05) is 23.7 Å². The van der Waals surface area contributed by atoms with E-state index in [0.29, 0.717) is 12.2 Å². The molecule has 0 spiro atoms. The number of nitrogens with one attached hydrogen (secondary N) is 2. The van der Waals surface area contributed by atoms with Crippen LogP contribution in [-0.4, -0.2) is 30.1 Å². The highest BCUT2D eigenvalue weighted by Gasteiger charge is 2.20. The van der Waals surface area contributed by atoms with E-state index < -0.39 is 0 Å². The average molecular weight is 230 g/mol. The van der Waals surface area contributed by atoms with Crippen LogP contribution in [0.1, 0.15) is 16.8 Å². The zero-order valence-corrected chi connectivity index (χ0v) is 9.40. The van der Waals surface area contributed by atoms with E-state index >= 15 is 0 Å². The van der Waals surface area contributed by atoms with Gasteiger partial charge in [-0.3, -0.25) is 4.79 Å². The van der Waals surface area contributed by atoms with Gasteiger partial charge < -0.3 is 15.0 Å². The molecule has 1 amide bonds. The Labute approximate surface area is 99.0 Å². The minimum absolute atomic E-state index is 0.0297. The number of rotatable bonds is 2. The van der Waals surface area contributed by atoms with Crippen molar-refractivity contribution in [3.8, 4) is 0 Å². The van der Waals surface area contributed by atoms with Gasteiger partial charge in [-0.05, 0) is 12.5 Å². The Morgan fingerprint density at radius 3 is 3.12 bits per heavy atom. The summed E-state index contributed by atoms with van der Waals surface area (Å²) >= 11 is 0. The molecule has 1 atom stereocenters. The van der Waals surface area contributed by atoms with Crippen molar-refractivity contribution in [2.75, 3.05) is 13.2 Å². The van der Waals surface area contributed by atoms with E-state index in [-0.39, 0.29) is 11.9 Å². The number of aromatic nitrogens is 1. The molecule has 2 aromatic rings. The molecular formula is C13H14N2O2. The lowest BCUT2D eigenvalue weighted by atomic mass is 10.1. The predicted octanol–water partition coefficient (Wildman–Crippen LogP) is 1.69. The van der Waals surface area contributed by atoms with Crippen molar-refractivity contribution in [1.29, 1.82) is 0 Å². The molecule has 1 aromatic heterocycles. The third-order valence-corrected chi connectivity index (χ3v) is 3.10. The van der Waals surface area contributed by atoms with Gasteiger partial charge in [0.1, 0.15) is 0 Å². The first kappa shape index (κ1) is 10.4. The molecule has 2 N–H and O–H groups in total. The molecule has 17 heavy (non-hydrogen) atoms. The fourth-order valence-electron chi connectivity index (χ4n) is 2.17. The molecule has 1 aliphatic heterocycles. The molecule has 1 fully saturated rings. The number of para-hydroxylation sites is 1. The van der Waals surface area contributed by atoms with E-state index in [4.69, 9.17) is 4.74 Å². The molecule has 1 saturated heterocycles. The Morgan fingerprint density at radius 1 is 1.41 bits per heavy atom. The van der Waals surface area contributed by atoms with Crippen molar-refractivity contribution in [3.63, 3.8) is 0 Å². The second kappa shape index (κ2) is 4.22. The number of carbonyl (C=O) groups excluding carboxylic acids is 1. The summed E-state index contributed by atoms with van der Waals surface area (Å²) in [5.74, 6) is -0.0297. The standard InChI is InChI=1S/C13H14N2O2/c16-13(15-9-5-6-17-8-9)11-7-14-12-4-2-1-3-10(11)12/h1-4,7,9,14H,5-6,8H2,(H,15,16). The van der Waals surface area contributed by atoms with E-state index in [2.05, 4.69) is 10.3 Å². The van der Waals surface area contributed by atoms with Crippen LogP contribution in [0.4, 0.5) is 0 Å². The van der Waals surface area contributed by atoms with Crippen molar-refractivity contribution in [2.45, 2.75) is 12.5 Å². The maximum absolute atomic E-state index is 12.1. The number of H-pyrrole nitrogens is 1. The first-order valence-electron chi connectivity index (χ1n) is 5.79. The van der Waals surface area contributed by atoms with Gasteiger partial charge in [0.25, 0.3) is 5.91 Å². The molecule has 3 rings (SSSR count). The molecule has 0 aliphatic carbocycles. The van der Waals surface area contributed by atoms with Crippen LogP contribution in [0.5, 0.6) is 0 Å². The molecule has 0 bridgehead atoms. The van der Waals surface area contributed by atoms with E-state index in [1.165, 1.54) is 0 Å². The molecule has 4 heteroatoms. The number of hydrogen-bond donors (Lipinski definition) is 2. The van der Waals surface area contributed by atoms with Gasteiger partial charge in [-0.1, -0.05) is 18.2 Å². The maximum atomic E-state index is 12.1. The van der Waals surface area contributed by atoms with Crippen molar-refractivity contribution in [1.82, 2.24) is 10.3 Å². The first-order chi connectivity index (χ1) is 8.34. The summed E-state index contributed by atoms with van der Waals surface area (Å²) < 4.78 is 5.24. The molecular weight excluding hydrogens is 216 g/mol. The number of fused-ring (bicyclic) bond motifs is 1. The molecule has 1 aromatic carbocycles. The van der Waals surface area contributed by atoms with Crippen LogP contribution in [-0.2, 0) is 4.74 Å². The quantitative estimate of drug-likeness (QED) is 0.824. The lowest BCUT2D eigenvalue weighted by molar-refractivity contribution is 0.0931. The normalized spacial score (nSPS) is 19.6. The fourth-order valence-corrected chi connectivity index (χ4v) is 2.17. The first-order valence-corrected chi connectivity index (χ1v) is 5.79. The monoisotopic (exact) mass is 230 g/mol. The molecule has 1 unspecified atom stereocenters. The van der Waals surface area contributed by atoms with Crippen molar-refractivity contribution >= 4 is 16.8 Å². The summed E-state index contributed by atoms with van der Waals surface area (Å²) in [4.78, 5) is 15.2. The second-order valence-corrected chi connectivity index (χ2v) is 4.28. The van der Waals surface area contributed by atoms with Crippen LogP contribution < -0.4 is 5.32 Å². The minimum atomic E-state index is -0.0297. The van der Waals surface area contributed by atoms with Crippen molar-refractivity contribution in [2.24, 2.45) is 0 Å². The SMILES string of the molecule is O=C(NC1CCOC1)c1c[nH]c2ccccc12. The van der Waals surface area contributed by atoms with Crippen LogP contribution in [0.15, 0.2) is 30.5 Å². The molecule has 2 heterocycles. The highest BCUT2D eigenvalue weighted by molar-refractivity contribution is 6.06. The molecule has 1 aliphatic rings. The number of amides is 1. The summed E-state index contributed by atoms with van der Waals surface area (Å²) in [5, 5.41) is 3.95. The second-order valence-electron chi connectivity index (χ2n) is 4.28. The van der Waals surface area contributed by atoms with Crippen LogP contribution in [0.2, 0.25) is 0 Å². The number of benzene rings is 1. The lowest BCUT2D eigenvalue weighted by Crippen LogP contribution is -2.34. The third kappa shape index (κ3) is 1.91. The number of aromatic amines is 1. The Bertz CT molecular complexity index is 541. The zero-order chi connectivity index (χ0) is 11.7. The van der Waals surface area contributed by atoms with Gasteiger partial charge in [0.2, 0.25) is 0 Å². The van der Waals surface area contributed by atoms with Crippen LogP contribution in [0, 0.1) is 0 Å². The fraction of sp³-hybridized carbons (Fsp3) is 0.308. The summed E-state index contributed by atoms with van der Waals surface area (Å²) in [6.07, 6.45) is 2.66. The van der Waals surface area contributed by atoms with Gasteiger partial charge in [-0.25, -0.2) is 0 Å². The Balaban J connectivity index is 1.85. The van der Waals surface area contributed by atoms with Gasteiger partial charge in [0.15, 0.2) is 0 Å².